The first kappa shape index (κ1) is 12.5. The van der Waals surface area contributed by atoms with E-state index in [-0.39, 0.29) is 11.6 Å². The van der Waals surface area contributed by atoms with Gasteiger partial charge in [-0.25, -0.2) is 4.39 Å². The largest absolute Gasteiger partial charge is 0.289 e. The molecule has 0 spiro atoms. The fourth-order valence-corrected chi connectivity index (χ4v) is 1.84. The predicted molar refractivity (Wildman–Crippen MR) is 70.4 cm³/mol. The zero-order chi connectivity index (χ0) is 13.1. The molecule has 0 unspecified atom stereocenters. The minimum Gasteiger partial charge on any atom is -0.289 e. The highest BCUT2D eigenvalue weighted by molar-refractivity contribution is 6.09. The molecule has 2 aromatic rings. The van der Waals surface area contributed by atoms with E-state index in [9.17, 15) is 9.18 Å². The van der Waals surface area contributed by atoms with E-state index in [1.165, 1.54) is 12.1 Å². The Labute approximate surface area is 106 Å². The molecule has 0 aromatic heterocycles. The van der Waals surface area contributed by atoms with E-state index in [0.717, 1.165) is 5.56 Å². The fourth-order valence-electron chi connectivity index (χ4n) is 1.84. The first-order valence-electron chi connectivity index (χ1n) is 5.98. The van der Waals surface area contributed by atoms with Gasteiger partial charge in [0.05, 0.1) is 0 Å². The summed E-state index contributed by atoms with van der Waals surface area (Å²) in [4.78, 5) is 12.2. The van der Waals surface area contributed by atoms with Crippen LogP contribution >= 0.6 is 0 Å². The normalized spacial score (nSPS) is 10.7. The van der Waals surface area contributed by atoms with E-state index in [0.29, 0.717) is 17.0 Å². The van der Waals surface area contributed by atoms with Crippen molar-refractivity contribution >= 4 is 5.78 Å². The molecule has 0 aliphatic rings. The van der Waals surface area contributed by atoms with Crippen molar-refractivity contribution in [1.82, 2.24) is 0 Å². The van der Waals surface area contributed by atoms with Gasteiger partial charge in [-0.1, -0.05) is 44.2 Å². The Kier molecular flexibility index (Phi) is 3.56. The number of rotatable bonds is 3. The maximum absolute atomic E-state index is 13.1. The Morgan fingerprint density at radius 1 is 1.00 bits per heavy atom. The summed E-state index contributed by atoms with van der Waals surface area (Å²) in [5.41, 5.74) is 2.10. The molecule has 2 heteroatoms. The quantitative estimate of drug-likeness (QED) is 0.738. The van der Waals surface area contributed by atoms with Gasteiger partial charge in [0.2, 0.25) is 0 Å². The molecule has 0 bridgehead atoms. The SMILES string of the molecule is CC(C)c1cccc(C(=O)c2cccc(F)c2)c1. The minimum absolute atomic E-state index is 0.142. The number of carbonyl (C=O) groups is 1. The first-order chi connectivity index (χ1) is 8.58. The van der Waals surface area contributed by atoms with Crippen LogP contribution in [0.5, 0.6) is 0 Å². The van der Waals surface area contributed by atoms with Crippen molar-refractivity contribution in [2.24, 2.45) is 0 Å². The number of benzene rings is 2. The third-order valence-electron chi connectivity index (χ3n) is 2.90. The fraction of sp³-hybridized carbons (Fsp3) is 0.188. The van der Waals surface area contributed by atoms with Gasteiger partial charge in [0.25, 0.3) is 0 Å². The number of carbonyl (C=O) groups excluding carboxylic acids is 1. The highest BCUT2D eigenvalue weighted by atomic mass is 19.1. The van der Waals surface area contributed by atoms with Crippen LogP contribution < -0.4 is 0 Å². The molecule has 0 radical (unpaired) electrons. The van der Waals surface area contributed by atoms with Gasteiger partial charge in [-0.05, 0) is 29.7 Å². The average molecular weight is 242 g/mol. The lowest BCUT2D eigenvalue weighted by Crippen LogP contribution is -2.02. The van der Waals surface area contributed by atoms with Crippen molar-refractivity contribution in [3.8, 4) is 0 Å². The van der Waals surface area contributed by atoms with E-state index in [2.05, 4.69) is 13.8 Å². The molecule has 0 atom stereocenters. The van der Waals surface area contributed by atoms with Gasteiger partial charge in [-0.2, -0.15) is 0 Å². The van der Waals surface area contributed by atoms with Crippen LogP contribution in [0.15, 0.2) is 48.5 Å². The molecule has 18 heavy (non-hydrogen) atoms. The Bertz CT molecular complexity index is 573. The van der Waals surface area contributed by atoms with Crippen LogP contribution in [-0.2, 0) is 0 Å². The summed E-state index contributed by atoms with van der Waals surface area (Å²) in [5.74, 6) is -0.164. The van der Waals surface area contributed by atoms with Crippen molar-refractivity contribution in [1.29, 1.82) is 0 Å². The Balaban J connectivity index is 2.37. The smallest absolute Gasteiger partial charge is 0.193 e. The minimum atomic E-state index is -0.388. The van der Waals surface area contributed by atoms with Crippen molar-refractivity contribution < 1.29 is 9.18 Å². The molecule has 0 amide bonds. The van der Waals surface area contributed by atoms with Crippen LogP contribution in [0.4, 0.5) is 4.39 Å². The second-order valence-electron chi connectivity index (χ2n) is 4.62. The number of hydrogen-bond donors (Lipinski definition) is 0. The molecule has 92 valence electrons. The molecule has 0 heterocycles. The highest BCUT2D eigenvalue weighted by Crippen LogP contribution is 2.18. The van der Waals surface area contributed by atoms with Crippen LogP contribution in [0.3, 0.4) is 0 Å². The van der Waals surface area contributed by atoms with Gasteiger partial charge in [0.1, 0.15) is 5.82 Å². The zero-order valence-corrected chi connectivity index (χ0v) is 10.5. The van der Waals surface area contributed by atoms with E-state index >= 15 is 0 Å². The summed E-state index contributed by atoms with van der Waals surface area (Å²) < 4.78 is 13.1. The van der Waals surface area contributed by atoms with Crippen molar-refractivity contribution in [2.45, 2.75) is 19.8 Å². The number of ketones is 1. The molecule has 0 saturated carbocycles. The third kappa shape index (κ3) is 2.65. The lowest BCUT2D eigenvalue weighted by molar-refractivity contribution is 0.103. The maximum Gasteiger partial charge on any atom is 0.193 e. The molecular formula is C16H15FO. The zero-order valence-electron chi connectivity index (χ0n) is 10.5. The van der Waals surface area contributed by atoms with Crippen LogP contribution in [-0.4, -0.2) is 5.78 Å². The molecule has 0 aliphatic heterocycles. The van der Waals surface area contributed by atoms with Crippen LogP contribution in [0.2, 0.25) is 0 Å². The maximum atomic E-state index is 13.1. The molecule has 1 nitrogen and oxygen atoms in total. The van der Waals surface area contributed by atoms with Crippen LogP contribution in [0.1, 0.15) is 41.3 Å². The lowest BCUT2D eigenvalue weighted by Gasteiger charge is -2.07. The second-order valence-corrected chi connectivity index (χ2v) is 4.62. The highest BCUT2D eigenvalue weighted by Gasteiger charge is 2.10. The van der Waals surface area contributed by atoms with E-state index in [4.69, 9.17) is 0 Å². The summed E-state index contributed by atoms with van der Waals surface area (Å²) in [7, 11) is 0. The van der Waals surface area contributed by atoms with Crippen molar-refractivity contribution in [2.75, 3.05) is 0 Å². The molecule has 0 fully saturated rings. The molecular weight excluding hydrogens is 227 g/mol. The molecule has 0 N–H and O–H groups in total. The summed E-state index contributed by atoms with van der Waals surface area (Å²) in [5, 5.41) is 0. The summed E-state index contributed by atoms with van der Waals surface area (Å²) in [6.45, 7) is 4.15. The van der Waals surface area contributed by atoms with E-state index in [1.54, 1.807) is 18.2 Å². The van der Waals surface area contributed by atoms with Gasteiger partial charge >= 0.3 is 0 Å². The van der Waals surface area contributed by atoms with E-state index in [1.807, 2.05) is 18.2 Å². The standard InChI is InChI=1S/C16H15FO/c1-11(2)12-5-3-6-13(9-12)16(18)14-7-4-8-15(17)10-14/h3-11H,1-2H3. The molecule has 0 aliphatic carbocycles. The predicted octanol–water partition coefficient (Wildman–Crippen LogP) is 4.18. The van der Waals surface area contributed by atoms with Crippen molar-refractivity contribution in [3.63, 3.8) is 0 Å². The molecule has 0 saturated heterocycles. The average Bonchev–Trinajstić information content (AvgIpc) is 2.38. The monoisotopic (exact) mass is 242 g/mol. The lowest BCUT2D eigenvalue weighted by atomic mass is 9.97. The van der Waals surface area contributed by atoms with Crippen molar-refractivity contribution in [3.05, 3.63) is 71.0 Å². The summed E-state index contributed by atoms with van der Waals surface area (Å²) in [6.07, 6.45) is 0. The topological polar surface area (TPSA) is 17.1 Å². The second kappa shape index (κ2) is 5.13. The first-order valence-corrected chi connectivity index (χ1v) is 5.98. The Morgan fingerprint density at radius 3 is 2.22 bits per heavy atom. The van der Waals surface area contributed by atoms with Crippen LogP contribution in [0, 0.1) is 5.82 Å². The number of halogens is 1. The summed E-state index contributed by atoms with van der Waals surface area (Å²) in [6, 6.07) is 13.3. The molecule has 2 aromatic carbocycles. The van der Waals surface area contributed by atoms with Gasteiger partial charge < -0.3 is 0 Å². The Hall–Kier alpha value is -1.96. The van der Waals surface area contributed by atoms with E-state index < -0.39 is 0 Å². The van der Waals surface area contributed by atoms with Gasteiger partial charge in [0, 0.05) is 11.1 Å². The molecule has 2 rings (SSSR count). The van der Waals surface area contributed by atoms with Gasteiger partial charge in [-0.15, -0.1) is 0 Å². The Morgan fingerprint density at radius 2 is 1.61 bits per heavy atom. The van der Waals surface area contributed by atoms with Gasteiger partial charge in [0.15, 0.2) is 5.78 Å². The third-order valence-corrected chi connectivity index (χ3v) is 2.90. The summed E-state index contributed by atoms with van der Waals surface area (Å²) >= 11 is 0. The van der Waals surface area contributed by atoms with Gasteiger partial charge in [-0.3, -0.25) is 4.79 Å². The number of hydrogen-bond acceptors (Lipinski definition) is 1. The van der Waals surface area contributed by atoms with Crippen LogP contribution in [0.25, 0.3) is 0 Å².